The smallest absolute Gasteiger partial charge is 0.365 e. The van der Waals surface area contributed by atoms with Crippen LogP contribution in [0.2, 0.25) is 0 Å². The van der Waals surface area contributed by atoms with Crippen molar-refractivity contribution in [3.8, 4) is 0 Å². The zero-order chi connectivity index (χ0) is 19.8. The van der Waals surface area contributed by atoms with Crippen molar-refractivity contribution in [2.75, 3.05) is 0 Å². The molecule has 1 amide bonds. The SMILES string of the molecule is CCc1ccc([C@@]2(O)CC(C(F)(F)F)=NN2C(=O)c2ccc(C)cc2)cc1. The van der Waals surface area contributed by atoms with Crippen LogP contribution < -0.4 is 0 Å². The summed E-state index contributed by atoms with van der Waals surface area (Å²) < 4.78 is 39.8. The van der Waals surface area contributed by atoms with Crippen LogP contribution >= 0.6 is 0 Å². The van der Waals surface area contributed by atoms with E-state index >= 15 is 0 Å². The monoisotopic (exact) mass is 376 g/mol. The van der Waals surface area contributed by atoms with Gasteiger partial charge in [0.2, 0.25) is 0 Å². The first kappa shape index (κ1) is 19.1. The molecule has 1 heterocycles. The average molecular weight is 376 g/mol. The van der Waals surface area contributed by atoms with Crippen molar-refractivity contribution in [1.29, 1.82) is 0 Å². The topological polar surface area (TPSA) is 52.9 Å². The zero-order valence-electron chi connectivity index (χ0n) is 14.9. The summed E-state index contributed by atoms with van der Waals surface area (Å²) in [7, 11) is 0. The summed E-state index contributed by atoms with van der Waals surface area (Å²) in [6.07, 6.45) is -4.81. The molecule has 0 bridgehead atoms. The number of hydrazone groups is 1. The Labute approximate surface area is 154 Å². The first-order valence-corrected chi connectivity index (χ1v) is 8.53. The molecule has 7 heteroatoms. The Bertz CT molecular complexity index is 874. The van der Waals surface area contributed by atoms with Gasteiger partial charge in [0.15, 0.2) is 5.72 Å². The fraction of sp³-hybridized carbons (Fsp3) is 0.300. The van der Waals surface area contributed by atoms with E-state index in [1.807, 2.05) is 13.8 Å². The van der Waals surface area contributed by atoms with E-state index in [2.05, 4.69) is 5.10 Å². The summed E-state index contributed by atoms with van der Waals surface area (Å²) in [6, 6.07) is 12.8. The molecule has 2 aromatic carbocycles. The summed E-state index contributed by atoms with van der Waals surface area (Å²) in [5.74, 6) is -0.795. The van der Waals surface area contributed by atoms with Crippen LogP contribution in [-0.2, 0) is 12.1 Å². The molecular weight excluding hydrogens is 357 g/mol. The molecule has 0 unspecified atom stereocenters. The van der Waals surface area contributed by atoms with Crippen molar-refractivity contribution in [3.63, 3.8) is 0 Å². The molecule has 3 rings (SSSR count). The highest BCUT2D eigenvalue weighted by Crippen LogP contribution is 2.40. The Balaban J connectivity index is 2.05. The molecule has 2 aromatic rings. The van der Waals surface area contributed by atoms with Gasteiger partial charge in [-0.3, -0.25) is 4.79 Å². The fourth-order valence-electron chi connectivity index (χ4n) is 2.97. The number of amides is 1. The Morgan fingerprint density at radius 3 is 2.26 bits per heavy atom. The van der Waals surface area contributed by atoms with Gasteiger partial charge in [-0.05, 0) is 31.0 Å². The van der Waals surface area contributed by atoms with Gasteiger partial charge >= 0.3 is 6.18 Å². The second kappa shape index (κ2) is 6.81. The quantitative estimate of drug-likeness (QED) is 0.874. The van der Waals surface area contributed by atoms with Crippen LogP contribution in [0.4, 0.5) is 13.2 Å². The van der Waals surface area contributed by atoms with Crippen molar-refractivity contribution in [2.45, 2.75) is 38.6 Å². The second-order valence-corrected chi connectivity index (χ2v) is 6.57. The number of hydrogen-bond donors (Lipinski definition) is 1. The lowest BCUT2D eigenvalue weighted by molar-refractivity contribution is -0.0816. The van der Waals surface area contributed by atoms with Gasteiger partial charge in [0.05, 0.1) is 6.42 Å². The van der Waals surface area contributed by atoms with Crippen LogP contribution in [0.15, 0.2) is 53.6 Å². The fourth-order valence-corrected chi connectivity index (χ4v) is 2.97. The first-order valence-electron chi connectivity index (χ1n) is 8.53. The van der Waals surface area contributed by atoms with Crippen LogP contribution in [0.1, 0.15) is 40.4 Å². The van der Waals surface area contributed by atoms with Gasteiger partial charge in [-0.25, -0.2) is 0 Å². The van der Waals surface area contributed by atoms with Crippen LogP contribution in [0.3, 0.4) is 0 Å². The number of benzene rings is 2. The van der Waals surface area contributed by atoms with E-state index in [4.69, 9.17) is 0 Å². The maximum absolute atomic E-state index is 13.3. The molecule has 0 fully saturated rings. The van der Waals surface area contributed by atoms with E-state index in [0.717, 1.165) is 17.5 Å². The zero-order valence-corrected chi connectivity index (χ0v) is 14.9. The molecule has 0 aromatic heterocycles. The number of aryl methyl sites for hydroxylation is 2. The summed E-state index contributed by atoms with van der Waals surface area (Å²) in [5.41, 5.74) is -1.19. The number of aliphatic hydroxyl groups is 1. The Kier molecular flexibility index (Phi) is 4.82. The third-order valence-electron chi connectivity index (χ3n) is 4.63. The van der Waals surface area contributed by atoms with Crippen LogP contribution in [0.25, 0.3) is 0 Å². The summed E-state index contributed by atoms with van der Waals surface area (Å²) in [5, 5.41) is 15.1. The standard InChI is InChI=1S/C20H19F3N2O2/c1-3-14-6-10-16(11-7-14)19(27)12-17(20(21,22)23)24-25(19)18(26)15-8-4-13(2)5-9-15/h4-11,27H,3,12H2,1-2H3/t19-/m0/s1. The molecule has 27 heavy (non-hydrogen) atoms. The molecule has 1 N–H and O–H groups in total. The van der Waals surface area contributed by atoms with Gasteiger partial charge in [0.25, 0.3) is 5.91 Å². The van der Waals surface area contributed by atoms with Gasteiger partial charge in [-0.15, -0.1) is 0 Å². The van der Waals surface area contributed by atoms with Crippen LogP contribution in [0.5, 0.6) is 0 Å². The number of alkyl halides is 3. The van der Waals surface area contributed by atoms with Crippen molar-refractivity contribution >= 4 is 11.6 Å². The van der Waals surface area contributed by atoms with E-state index in [0.29, 0.717) is 5.01 Å². The van der Waals surface area contributed by atoms with E-state index in [9.17, 15) is 23.1 Å². The molecule has 4 nitrogen and oxygen atoms in total. The van der Waals surface area contributed by atoms with Crippen LogP contribution in [0, 0.1) is 6.92 Å². The Morgan fingerprint density at radius 2 is 1.74 bits per heavy atom. The van der Waals surface area contributed by atoms with Gasteiger partial charge in [0, 0.05) is 11.1 Å². The number of carbonyl (C=O) groups is 1. The molecule has 0 aliphatic carbocycles. The van der Waals surface area contributed by atoms with E-state index < -0.39 is 29.9 Å². The predicted molar refractivity (Wildman–Crippen MR) is 95.2 cm³/mol. The van der Waals surface area contributed by atoms with E-state index in [-0.39, 0.29) is 11.1 Å². The minimum absolute atomic E-state index is 0.149. The highest BCUT2D eigenvalue weighted by molar-refractivity contribution is 5.99. The van der Waals surface area contributed by atoms with Crippen molar-refractivity contribution in [1.82, 2.24) is 5.01 Å². The maximum atomic E-state index is 13.3. The highest BCUT2D eigenvalue weighted by Gasteiger charge is 2.53. The number of rotatable bonds is 3. The third-order valence-corrected chi connectivity index (χ3v) is 4.63. The maximum Gasteiger partial charge on any atom is 0.431 e. The van der Waals surface area contributed by atoms with E-state index in [1.54, 1.807) is 24.3 Å². The molecule has 0 saturated heterocycles. The minimum atomic E-state index is -4.74. The van der Waals surface area contributed by atoms with Crippen molar-refractivity contribution in [2.24, 2.45) is 5.10 Å². The number of hydrogen-bond acceptors (Lipinski definition) is 3. The molecule has 0 radical (unpaired) electrons. The van der Waals surface area contributed by atoms with Gasteiger partial charge in [-0.2, -0.15) is 23.3 Å². The molecule has 1 aliphatic heterocycles. The van der Waals surface area contributed by atoms with Gasteiger partial charge in [-0.1, -0.05) is 48.9 Å². The van der Waals surface area contributed by atoms with Crippen molar-refractivity contribution in [3.05, 3.63) is 70.8 Å². The van der Waals surface area contributed by atoms with Gasteiger partial charge < -0.3 is 5.11 Å². The molecule has 0 saturated carbocycles. The second-order valence-electron chi connectivity index (χ2n) is 6.57. The summed E-state index contributed by atoms with van der Waals surface area (Å²) in [4.78, 5) is 12.8. The molecule has 1 atom stereocenters. The number of nitrogens with zero attached hydrogens (tertiary/aromatic N) is 2. The third kappa shape index (κ3) is 3.60. The highest BCUT2D eigenvalue weighted by atomic mass is 19.4. The lowest BCUT2D eigenvalue weighted by Crippen LogP contribution is -2.43. The number of halogens is 3. The molecule has 1 aliphatic rings. The lowest BCUT2D eigenvalue weighted by Gasteiger charge is -2.31. The predicted octanol–water partition coefficient (Wildman–Crippen LogP) is 4.17. The molecule has 0 spiro atoms. The average Bonchev–Trinajstić information content (AvgIpc) is 3.01. The normalized spacial score (nSPS) is 19.9. The first-order chi connectivity index (χ1) is 12.6. The Hall–Kier alpha value is -2.67. The van der Waals surface area contributed by atoms with E-state index in [1.165, 1.54) is 24.3 Å². The number of carbonyl (C=O) groups excluding carboxylic acids is 1. The molecule has 142 valence electrons. The van der Waals surface area contributed by atoms with Crippen molar-refractivity contribution < 1.29 is 23.1 Å². The lowest BCUT2D eigenvalue weighted by atomic mass is 9.95. The largest absolute Gasteiger partial charge is 0.431 e. The van der Waals surface area contributed by atoms with Gasteiger partial charge in [0.1, 0.15) is 5.71 Å². The summed E-state index contributed by atoms with van der Waals surface area (Å²) >= 11 is 0. The molecular formula is C20H19F3N2O2. The minimum Gasteiger partial charge on any atom is -0.365 e. The Morgan fingerprint density at radius 1 is 1.15 bits per heavy atom. The van der Waals surface area contributed by atoms with Crippen LogP contribution in [-0.4, -0.2) is 27.9 Å². The summed E-state index contributed by atoms with van der Waals surface area (Å²) in [6.45, 7) is 3.77.